The molecule has 0 N–H and O–H groups in total. The van der Waals surface area contributed by atoms with E-state index in [1.165, 1.54) is 32.1 Å². The summed E-state index contributed by atoms with van der Waals surface area (Å²) >= 11 is 0. The van der Waals surface area contributed by atoms with Crippen molar-refractivity contribution in [2.45, 2.75) is 65.2 Å². The fourth-order valence-electron chi connectivity index (χ4n) is 1.70. The standard InChI is InChI=1S/C12H26O4S.K/c1-12(2)10-8-6-4-3-5-7-9-11-16-17(13,14)15;/h12H,3-11H2,1-2H3,(H,13,14,15);/q;+1/p-1. The third-order valence-electron chi connectivity index (χ3n) is 2.65. The van der Waals surface area contributed by atoms with Gasteiger partial charge < -0.3 is 4.55 Å². The zero-order valence-electron chi connectivity index (χ0n) is 12.0. The van der Waals surface area contributed by atoms with Gasteiger partial charge in [-0.1, -0.05) is 58.8 Å². The van der Waals surface area contributed by atoms with E-state index >= 15 is 0 Å². The first-order valence-electron chi connectivity index (χ1n) is 6.52. The molecule has 0 radical (unpaired) electrons. The molecule has 0 rings (SSSR count). The van der Waals surface area contributed by atoms with Crippen LogP contribution in [0.4, 0.5) is 0 Å². The quantitative estimate of drug-likeness (QED) is 0.237. The van der Waals surface area contributed by atoms with Crippen LogP contribution < -0.4 is 51.4 Å². The molecular weight excluding hydrogens is 279 g/mol. The van der Waals surface area contributed by atoms with E-state index in [0.717, 1.165) is 18.8 Å². The Morgan fingerprint density at radius 2 is 1.39 bits per heavy atom. The summed E-state index contributed by atoms with van der Waals surface area (Å²) in [5.74, 6) is 0.793. The maximum absolute atomic E-state index is 10.1. The van der Waals surface area contributed by atoms with Gasteiger partial charge in [0.25, 0.3) is 0 Å². The molecule has 0 fully saturated rings. The van der Waals surface area contributed by atoms with Gasteiger partial charge in [0, 0.05) is 0 Å². The Labute approximate surface area is 155 Å². The van der Waals surface area contributed by atoms with Gasteiger partial charge in [-0.15, -0.1) is 0 Å². The van der Waals surface area contributed by atoms with Crippen molar-refractivity contribution in [1.82, 2.24) is 0 Å². The van der Waals surface area contributed by atoms with Gasteiger partial charge in [0.05, 0.1) is 6.61 Å². The molecule has 0 aliphatic heterocycles. The van der Waals surface area contributed by atoms with Gasteiger partial charge >= 0.3 is 51.4 Å². The van der Waals surface area contributed by atoms with Crippen molar-refractivity contribution < 1.29 is 68.5 Å². The maximum Gasteiger partial charge on any atom is 1.00 e. The molecule has 18 heavy (non-hydrogen) atoms. The van der Waals surface area contributed by atoms with Gasteiger partial charge in [-0.05, 0) is 12.3 Å². The molecule has 0 spiro atoms. The predicted octanol–water partition coefficient (Wildman–Crippen LogP) is 0.244. The topological polar surface area (TPSA) is 66.4 Å². The first-order chi connectivity index (χ1) is 7.92. The molecule has 0 saturated carbocycles. The molecule has 0 aliphatic rings. The summed E-state index contributed by atoms with van der Waals surface area (Å²) in [6, 6.07) is 0. The molecule has 4 nitrogen and oxygen atoms in total. The Morgan fingerprint density at radius 1 is 0.944 bits per heavy atom. The van der Waals surface area contributed by atoms with Crippen molar-refractivity contribution in [3.63, 3.8) is 0 Å². The fraction of sp³-hybridized carbons (Fsp3) is 1.00. The average molecular weight is 304 g/mol. The zero-order chi connectivity index (χ0) is 13.1. The molecule has 0 aromatic heterocycles. The van der Waals surface area contributed by atoms with Crippen molar-refractivity contribution in [3.8, 4) is 0 Å². The minimum atomic E-state index is -4.49. The van der Waals surface area contributed by atoms with Crippen LogP contribution in [-0.4, -0.2) is 19.6 Å². The summed E-state index contributed by atoms with van der Waals surface area (Å²) in [6.07, 6.45) is 8.97. The van der Waals surface area contributed by atoms with Crippen LogP contribution in [0.15, 0.2) is 0 Å². The van der Waals surface area contributed by atoms with Crippen LogP contribution in [0.3, 0.4) is 0 Å². The number of hydrogen-bond acceptors (Lipinski definition) is 4. The molecule has 0 atom stereocenters. The molecule has 0 heterocycles. The maximum atomic E-state index is 10.1. The molecule has 104 valence electrons. The van der Waals surface area contributed by atoms with E-state index in [-0.39, 0.29) is 58.0 Å². The Bertz CT molecular complexity index is 265. The molecule has 0 amide bonds. The smallest absolute Gasteiger partial charge is 0.726 e. The third-order valence-corrected chi connectivity index (χ3v) is 3.11. The zero-order valence-corrected chi connectivity index (χ0v) is 15.9. The van der Waals surface area contributed by atoms with Gasteiger partial charge in [0.15, 0.2) is 0 Å². The monoisotopic (exact) mass is 304 g/mol. The number of rotatable bonds is 11. The molecule has 0 aliphatic carbocycles. The van der Waals surface area contributed by atoms with E-state index in [4.69, 9.17) is 0 Å². The summed E-state index contributed by atoms with van der Waals surface area (Å²) in [7, 11) is -4.49. The van der Waals surface area contributed by atoms with E-state index in [0.29, 0.717) is 6.42 Å². The summed E-state index contributed by atoms with van der Waals surface area (Å²) in [5.41, 5.74) is 0. The third kappa shape index (κ3) is 19.8. The van der Waals surface area contributed by atoms with E-state index in [2.05, 4.69) is 18.0 Å². The summed E-state index contributed by atoms with van der Waals surface area (Å²) in [6.45, 7) is 4.51. The van der Waals surface area contributed by atoms with Gasteiger partial charge in [-0.3, -0.25) is 4.18 Å². The molecular formula is C12H25KO4S. The van der Waals surface area contributed by atoms with Gasteiger partial charge in [-0.2, -0.15) is 0 Å². The summed E-state index contributed by atoms with van der Waals surface area (Å²) < 4.78 is 34.5. The van der Waals surface area contributed by atoms with Crippen LogP contribution in [0.1, 0.15) is 65.2 Å². The first-order valence-corrected chi connectivity index (χ1v) is 7.85. The summed E-state index contributed by atoms with van der Waals surface area (Å²) in [4.78, 5) is 0. The summed E-state index contributed by atoms with van der Waals surface area (Å²) in [5, 5.41) is 0. The Kier molecular flexibility index (Phi) is 16.3. The predicted molar refractivity (Wildman–Crippen MR) is 67.4 cm³/mol. The molecule has 0 unspecified atom stereocenters. The van der Waals surface area contributed by atoms with Crippen molar-refractivity contribution in [3.05, 3.63) is 0 Å². The van der Waals surface area contributed by atoms with Crippen LogP contribution in [0.2, 0.25) is 0 Å². The Hall–Kier alpha value is 1.51. The Morgan fingerprint density at radius 3 is 1.83 bits per heavy atom. The fourth-order valence-corrected chi connectivity index (χ4v) is 2.02. The van der Waals surface area contributed by atoms with Crippen molar-refractivity contribution >= 4 is 10.4 Å². The first kappa shape index (κ1) is 21.8. The van der Waals surface area contributed by atoms with Crippen LogP contribution >= 0.6 is 0 Å². The number of unbranched alkanes of at least 4 members (excludes halogenated alkanes) is 6. The van der Waals surface area contributed by atoms with Crippen LogP contribution in [-0.2, 0) is 14.6 Å². The Balaban J connectivity index is 0. The van der Waals surface area contributed by atoms with Crippen molar-refractivity contribution in [1.29, 1.82) is 0 Å². The molecule has 0 saturated heterocycles. The molecule has 0 aromatic carbocycles. The molecule has 0 bridgehead atoms. The second kappa shape index (κ2) is 13.5. The molecule has 0 aromatic rings. The second-order valence-electron chi connectivity index (χ2n) is 4.89. The van der Waals surface area contributed by atoms with Gasteiger partial charge in [0.1, 0.15) is 0 Å². The van der Waals surface area contributed by atoms with Crippen molar-refractivity contribution in [2.24, 2.45) is 5.92 Å². The SMILES string of the molecule is CC(C)CCCCCCCCCOS(=O)(=O)[O-].[K+]. The second-order valence-corrected chi connectivity index (χ2v) is 5.94. The normalized spacial score (nSPS) is 11.6. The van der Waals surface area contributed by atoms with E-state index < -0.39 is 10.4 Å². The minimum absolute atomic E-state index is 0. The largest absolute Gasteiger partial charge is 1.00 e. The number of hydrogen-bond donors (Lipinski definition) is 0. The minimum Gasteiger partial charge on any atom is -0.726 e. The van der Waals surface area contributed by atoms with Crippen LogP contribution in [0, 0.1) is 5.92 Å². The van der Waals surface area contributed by atoms with Crippen molar-refractivity contribution in [2.75, 3.05) is 6.61 Å². The van der Waals surface area contributed by atoms with Crippen LogP contribution in [0.5, 0.6) is 0 Å². The van der Waals surface area contributed by atoms with E-state index in [1.807, 2.05) is 0 Å². The van der Waals surface area contributed by atoms with Crippen LogP contribution in [0.25, 0.3) is 0 Å². The van der Waals surface area contributed by atoms with Gasteiger partial charge in [-0.25, -0.2) is 8.42 Å². The molecule has 6 heteroatoms. The van der Waals surface area contributed by atoms with Gasteiger partial charge in [0.2, 0.25) is 10.4 Å². The van der Waals surface area contributed by atoms with E-state index in [9.17, 15) is 13.0 Å². The van der Waals surface area contributed by atoms with E-state index in [1.54, 1.807) is 0 Å². The average Bonchev–Trinajstić information content (AvgIpc) is 2.18.